The highest BCUT2D eigenvalue weighted by atomic mass is 16.7. The summed E-state index contributed by atoms with van der Waals surface area (Å²) >= 11 is 0. The van der Waals surface area contributed by atoms with Crippen LogP contribution in [0.5, 0.6) is 5.75 Å². The molecule has 1 aromatic carbocycles. The smallest absolute Gasteiger partial charge is 0.308 e. The molecule has 2 aromatic rings. The van der Waals surface area contributed by atoms with Gasteiger partial charge in [-0.15, -0.1) is 0 Å². The van der Waals surface area contributed by atoms with Crippen molar-refractivity contribution >= 4 is 28.6 Å². The fourth-order valence-corrected chi connectivity index (χ4v) is 3.06. The van der Waals surface area contributed by atoms with Gasteiger partial charge in [0, 0.05) is 5.39 Å². The SMILES string of the molecule is CCOC(=O)CC1c2cc3cc(OC)ccc3n2C(=C=O)N1OC. The van der Waals surface area contributed by atoms with E-state index in [1.807, 2.05) is 30.2 Å². The number of esters is 1. The van der Waals surface area contributed by atoms with Crippen LogP contribution in [-0.2, 0) is 19.2 Å². The molecule has 1 unspecified atom stereocenters. The van der Waals surface area contributed by atoms with Gasteiger partial charge in [0.2, 0.25) is 5.82 Å². The molecule has 126 valence electrons. The maximum absolute atomic E-state index is 11.9. The van der Waals surface area contributed by atoms with E-state index in [9.17, 15) is 9.59 Å². The molecule has 24 heavy (non-hydrogen) atoms. The second kappa shape index (κ2) is 6.39. The molecule has 0 amide bonds. The molecule has 0 saturated carbocycles. The van der Waals surface area contributed by atoms with Crippen LogP contribution in [0.1, 0.15) is 25.1 Å². The number of methoxy groups -OCH3 is 1. The topological polar surface area (TPSA) is 70.0 Å². The average molecular weight is 330 g/mol. The number of fused-ring (bicyclic) bond motifs is 3. The third-order valence-corrected chi connectivity index (χ3v) is 4.04. The first-order valence-electron chi connectivity index (χ1n) is 7.58. The van der Waals surface area contributed by atoms with Gasteiger partial charge in [0.1, 0.15) is 11.8 Å². The highest BCUT2D eigenvalue weighted by Gasteiger charge is 2.38. The standard InChI is InChI=1S/C17H18N2O5/c1-4-24-17(21)9-15-14-8-11-7-12(22-2)5-6-13(11)18(14)16(10-20)19(15)23-3/h5-8,15H,4,9H2,1-3H3. The van der Waals surface area contributed by atoms with E-state index in [2.05, 4.69) is 0 Å². The summed E-state index contributed by atoms with van der Waals surface area (Å²) < 4.78 is 12.0. The van der Waals surface area contributed by atoms with E-state index in [0.717, 1.165) is 16.6 Å². The van der Waals surface area contributed by atoms with Gasteiger partial charge in [-0.05, 0) is 31.2 Å². The van der Waals surface area contributed by atoms with Gasteiger partial charge in [-0.1, -0.05) is 0 Å². The van der Waals surface area contributed by atoms with Crippen LogP contribution in [0.25, 0.3) is 16.7 Å². The zero-order valence-electron chi connectivity index (χ0n) is 13.7. The van der Waals surface area contributed by atoms with Gasteiger partial charge in [0.15, 0.2) is 5.94 Å². The zero-order chi connectivity index (χ0) is 17.3. The molecule has 7 nitrogen and oxygen atoms in total. The monoisotopic (exact) mass is 330 g/mol. The second-order valence-electron chi connectivity index (χ2n) is 5.29. The van der Waals surface area contributed by atoms with Gasteiger partial charge < -0.3 is 9.47 Å². The quantitative estimate of drug-likeness (QED) is 0.618. The van der Waals surface area contributed by atoms with Gasteiger partial charge >= 0.3 is 5.97 Å². The number of hydrogen-bond donors (Lipinski definition) is 0. The summed E-state index contributed by atoms with van der Waals surface area (Å²) in [5, 5.41) is 2.30. The lowest BCUT2D eigenvalue weighted by Gasteiger charge is -2.22. The van der Waals surface area contributed by atoms with Gasteiger partial charge in [-0.2, -0.15) is 0 Å². The van der Waals surface area contributed by atoms with Gasteiger partial charge in [0.25, 0.3) is 0 Å². The molecule has 0 bridgehead atoms. The fraction of sp³-hybridized carbons (Fsp3) is 0.353. The van der Waals surface area contributed by atoms with E-state index < -0.39 is 6.04 Å². The van der Waals surface area contributed by atoms with E-state index in [1.54, 1.807) is 18.6 Å². The average Bonchev–Trinajstić information content (AvgIpc) is 3.08. The third kappa shape index (κ3) is 2.44. The molecular formula is C17H18N2O5. The predicted molar refractivity (Wildman–Crippen MR) is 86.7 cm³/mol. The van der Waals surface area contributed by atoms with E-state index in [0.29, 0.717) is 12.4 Å². The van der Waals surface area contributed by atoms with Gasteiger partial charge in [-0.25, -0.2) is 9.86 Å². The number of hydrogen-bond acceptors (Lipinski definition) is 6. The minimum atomic E-state index is -0.455. The van der Waals surface area contributed by atoms with Crippen molar-refractivity contribution in [1.29, 1.82) is 0 Å². The predicted octanol–water partition coefficient (Wildman–Crippen LogP) is 2.15. The Morgan fingerprint density at radius 3 is 2.71 bits per heavy atom. The van der Waals surface area contributed by atoms with Crippen LogP contribution in [-0.4, -0.2) is 42.4 Å². The first-order chi connectivity index (χ1) is 11.6. The van der Waals surface area contributed by atoms with Gasteiger partial charge in [-0.3, -0.25) is 14.2 Å². The van der Waals surface area contributed by atoms with Crippen molar-refractivity contribution in [3.8, 4) is 5.75 Å². The Kier molecular flexibility index (Phi) is 4.29. The second-order valence-corrected chi connectivity index (χ2v) is 5.29. The van der Waals surface area contributed by atoms with Crippen LogP contribution in [0, 0.1) is 0 Å². The molecular weight excluding hydrogens is 312 g/mol. The molecule has 0 N–H and O–H groups in total. The normalized spacial score (nSPS) is 16.2. The van der Waals surface area contributed by atoms with Crippen molar-refractivity contribution in [3.63, 3.8) is 0 Å². The maximum atomic E-state index is 11.9. The van der Waals surface area contributed by atoms with E-state index in [4.69, 9.17) is 14.3 Å². The van der Waals surface area contributed by atoms with E-state index >= 15 is 0 Å². The van der Waals surface area contributed by atoms with Crippen LogP contribution in [0.15, 0.2) is 24.3 Å². The molecule has 0 aliphatic carbocycles. The maximum Gasteiger partial charge on any atom is 0.308 e. The largest absolute Gasteiger partial charge is 0.497 e. The summed E-state index contributed by atoms with van der Waals surface area (Å²) in [5.74, 6) is 2.48. The van der Waals surface area contributed by atoms with Crippen molar-refractivity contribution in [1.82, 2.24) is 9.63 Å². The lowest BCUT2D eigenvalue weighted by molar-refractivity contribution is -0.151. The Balaban J connectivity index is 2.12. The minimum Gasteiger partial charge on any atom is -0.497 e. The van der Waals surface area contributed by atoms with Crippen LogP contribution >= 0.6 is 0 Å². The van der Waals surface area contributed by atoms with Crippen molar-refractivity contribution in [2.45, 2.75) is 19.4 Å². The summed E-state index contributed by atoms with van der Waals surface area (Å²) in [6.07, 6.45) is 0.0698. The summed E-state index contributed by atoms with van der Waals surface area (Å²) in [6.45, 7) is 2.05. The number of hydroxylamine groups is 2. The number of benzene rings is 1. The number of ether oxygens (including phenoxy) is 2. The summed E-state index contributed by atoms with van der Waals surface area (Å²) in [6, 6.07) is 7.01. The number of nitrogens with zero attached hydrogens (tertiary/aromatic N) is 2. The Labute approximate surface area is 138 Å². The van der Waals surface area contributed by atoms with Crippen LogP contribution in [0.2, 0.25) is 0 Å². The molecule has 3 rings (SSSR count). The van der Waals surface area contributed by atoms with Crippen LogP contribution in [0.4, 0.5) is 0 Å². The first-order valence-corrected chi connectivity index (χ1v) is 7.58. The van der Waals surface area contributed by atoms with Crippen molar-refractivity contribution in [2.24, 2.45) is 0 Å². The third-order valence-electron chi connectivity index (χ3n) is 4.04. The molecule has 1 aliphatic rings. The molecule has 1 aliphatic heterocycles. The Morgan fingerprint density at radius 2 is 2.08 bits per heavy atom. The zero-order valence-corrected chi connectivity index (χ0v) is 13.7. The molecule has 1 aromatic heterocycles. The summed E-state index contributed by atoms with van der Waals surface area (Å²) in [7, 11) is 3.05. The van der Waals surface area contributed by atoms with Crippen LogP contribution in [0.3, 0.4) is 0 Å². The molecule has 7 heteroatoms. The van der Waals surface area contributed by atoms with Crippen molar-refractivity contribution < 1.29 is 23.9 Å². The van der Waals surface area contributed by atoms with E-state index in [-0.39, 0.29) is 18.2 Å². The Bertz CT molecular complexity index is 835. The molecule has 1 atom stereocenters. The van der Waals surface area contributed by atoms with Gasteiger partial charge in [0.05, 0.1) is 38.5 Å². The highest BCUT2D eigenvalue weighted by Crippen LogP contribution is 2.42. The Hall–Kier alpha value is -2.76. The lowest BCUT2D eigenvalue weighted by atomic mass is 10.1. The van der Waals surface area contributed by atoms with Crippen molar-refractivity contribution in [2.75, 3.05) is 20.8 Å². The minimum absolute atomic E-state index is 0.0698. The molecule has 0 radical (unpaired) electrons. The summed E-state index contributed by atoms with van der Waals surface area (Å²) in [4.78, 5) is 28.8. The first kappa shape index (κ1) is 16.1. The number of rotatable bonds is 5. The Morgan fingerprint density at radius 1 is 1.29 bits per heavy atom. The molecule has 0 saturated heterocycles. The van der Waals surface area contributed by atoms with Crippen molar-refractivity contribution in [3.05, 3.63) is 30.0 Å². The molecule has 0 fully saturated rings. The lowest BCUT2D eigenvalue weighted by Crippen LogP contribution is -2.24. The van der Waals surface area contributed by atoms with E-state index in [1.165, 1.54) is 12.2 Å². The fourth-order valence-electron chi connectivity index (χ4n) is 3.06. The molecule has 0 spiro atoms. The molecule has 2 heterocycles. The number of carbonyl (C=O) groups is 1. The highest BCUT2D eigenvalue weighted by molar-refractivity contribution is 5.92. The van der Waals surface area contributed by atoms with Crippen LogP contribution < -0.4 is 4.74 Å². The number of carbonyl (C=O) groups excluding carboxylic acids is 2. The number of aromatic nitrogens is 1. The summed E-state index contributed by atoms with van der Waals surface area (Å²) in [5.41, 5.74) is 1.59.